The fraction of sp³-hybridized carbons (Fsp3) is 0.647. The lowest BCUT2D eigenvalue weighted by Gasteiger charge is -2.38. The fourth-order valence-corrected chi connectivity index (χ4v) is 6.60. The number of esters is 1. The van der Waals surface area contributed by atoms with Crippen LogP contribution in [-0.4, -0.2) is 71.1 Å². The molecule has 5 N–H and O–H groups in total. The highest BCUT2D eigenvalue weighted by atomic mass is 19.1. The van der Waals surface area contributed by atoms with Crippen molar-refractivity contribution in [3.63, 3.8) is 0 Å². The van der Waals surface area contributed by atoms with Crippen LogP contribution in [0.5, 0.6) is 0 Å². The standard InChI is InChI=1S/C34H48FN5O7/c1-32(2,3)25(38-31(46)39-26(33(4,5)6)30(45)47-16-17-9-13-19(35)14-10-17)29(44)40-15-20-21(34(20,7)8)23(40)28(43)37-22(18-11-12-18)24(41)27(36)42/h9-10,13-14,18,20-23,25-26H,11-12,15-16H2,1-8H3,(H2,36,42)(H,37,43)(H2,38,39,46)/t20-,21-,22?,23-,25+,26+/m0/s1. The Morgan fingerprint density at radius 2 is 1.49 bits per heavy atom. The maximum atomic E-state index is 14.2. The summed E-state index contributed by atoms with van der Waals surface area (Å²) in [6.45, 7) is 14.8. The van der Waals surface area contributed by atoms with Crippen LogP contribution < -0.4 is 21.7 Å². The second-order valence-corrected chi connectivity index (χ2v) is 15.9. The van der Waals surface area contributed by atoms with Crippen LogP contribution in [0.1, 0.15) is 73.8 Å². The summed E-state index contributed by atoms with van der Waals surface area (Å²) in [6.07, 6.45) is 1.35. The van der Waals surface area contributed by atoms with Crippen LogP contribution in [0.2, 0.25) is 0 Å². The lowest BCUT2D eigenvalue weighted by Crippen LogP contribution is -2.62. The zero-order valence-electron chi connectivity index (χ0n) is 28.4. The second-order valence-electron chi connectivity index (χ2n) is 15.9. The minimum atomic E-state index is -1.12. The summed E-state index contributed by atoms with van der Waals surface area (Å²) >= 11 is 0. The molecule has 1 saturated heterocycles. The molecule has 1 aliphatic heterocycles. The van der Waals surface area contributed by atoms with Gasteiger partial charge >= 0.3 is 12.0 Å². The molecule has 12 nitrogen and oxygen atoms in total. The minimum Gasteiger partial charge on any atom is -0.459 e. The van der Waals surface area contributed by atoms with E-state index in [0.29, 0.717) is 18.4 Å². The number of nitrogens with one attached hydrogen (secondary N) is 3. The van der Waals surface area contributed by atoms with E-state index in [1.54, 1.807) is 41.5 Å². The number of rotatable bonds is 11. The van der Waals surface area contributed by atoms with Crippen molar-refractivity contribution in [2.45, 2.75) is 99.0 Å². The van der Waals surface area contributed by atoms with E-state index >= 15 is 0 Å². The molecule has 6 atom stereocenters. The van der Waals surface area contributed by atoms with Gasteiger partial charge in [0.05, 0.1) is 0 Å². The molecule has 0 radical (unpaired) electrons. The molecule has 0 bridgehead atoms. The summed E-state index contributed by atoms with van der Waals surface area (Å²) < 4.78 is 18.7. The predicted octanol–water partition coefficient (Wildman–Crippen LogP) is 2.43. The molecule has 1 unspecified atom stereocenters. The molecule has 13 heteroatoms. The van der Waals surface area contributed by atoms with E-state index in [4.69, 9.17) is 10.5 Å². The first-order valence-corrected chi connectivity index (χ1v) is 16.1. The van der Waals surface area contributed by atoms with Gasteiger partial charge in [0, 0.05) is 6.54 Å². The summed E-state index contributed by atoms with van der Waals surface area (Å²) in [4.78, 5) is 80.3. The number of fused-ring (bicyclic) bond motifs is 1. The first kappa shape index (κ1) is 35.8. The Labute approximate surface area is 275 Å². The van der Waals surface area contributed by atoms with Crippen molar-refractivity contribution >= 4 is 35.5 Å². The molecule has 2 saturated carbocycles. The van der Waals surface area contributed by atoms with Gasteiger partial charge in [0.25, 0.3) is 5.91 Å². The molecule has 3 aliphatic rings. The minimum absolute atomic E-state index is 0.0315. The number of carbonyl (C=O) groups is 6. The molecule has 4 rings (SSSR count). The molecule has 1 aromatic rings. The average Bonchev–Trinajstić information content (AvgIpc) is 3.84. The van der Waals surface area contributed by atoms with Gasteiger partial charge in [0.1, 0.15) is 36.6 Å². The SMILES string of the molecule is CC(C)(C)[C@H](NC(=O)N[C@H](C(=O)N1C[C@H]2[C@@H]([C@H]1C(=O)NC(C(=O)C(N)=O)C1CC1)C2(C)C)C(C)(C)C)C(=O)OCc1ccc(F)cc1. The predicted molar refractivity (Wildman–Crippen MR) is 169 cm³/mol. The van der Waals surface area contributed by atoms with Crippen LogP contribution in [0, 0.1) is 39.8 Å². The topological polar surface area (TPSA) is 177 Å². The molecular formula is C34H48FN5O7. The van der Waals surface area contributed by atoms with Gasteiger partial charge in [-0.15, -0.1) is 0 Å². The Morgan fingerprint density at radius 3 is 2.00 bits per heavy atom. The molecule has 5 amide bonds. The number of nitrogens with two attached hydrogens (primary N) is 1. The van der Waals surface area contributed by atoms with Crippen molar-refractivity contribution in [3.8, 4) is 0 Å². The van der Waals surface area contributed by atoms with Gasteiger partial charge in [-0.05, 0) is 64.5 Å². The number of hydrogen-bond donors (Lipinski definition) is 4. The first-order chi connectivity index (χ1) is 21.6. The number of urea groups is 1. The van der Waals surface area contributed by atoms with Crippen LogP contribution in [0.15, 0.2) is 24.3 Å². The monoisotopic (exact) mass is 657 g/mol. The van der Waals surface area contributed by atoms with E-state index in [2.05, 4.69) is 16.0 Å². The lowest BCUT2D eigenvalue weighted by molar-refractivity contribution is -0.150. The third-order valence-electron chi connectivity index (χ3n) is 9.74. The number of ether oxygens (including phenoxy) is 1. The molecule has 1 aromatic carbocycles. The van der Waals surface area contributed by atoms with Crippen LogP contribution in [-0.2, 0) is 35.3 Å². The highest BCUT2D eigenvalue weighted by Crippen LogP contribution is 2.65. The van der Waals surface area contributed by atoms with E-state index in [1.807, 2.05) is 13.8 Å². The smallest absolute Gasteiger partial charge is 0.329 e. The summed E-state index contributed by atoms with van der Waals surface area (Å²) in [5, 5.41) is 8.14. The summed E-state index contributed by atoms with van der Waals surface area (Å²) in [5.74, 6) is -4.45. The molecule has 3 fully saturated rings. The van der Waals surface area contributed by atoms with Crippen molar-refractivity contribution < 1.29 is 37.9 Å². The molecule has 0 spiro atoms. The van der Waals surface area contributed by atoms with Gasteiger partial charge in [-0.1, -0.05) is 67.5 Å². The van der Waals surface area contributed by atoms with E-state index in [1.165, 1.54) is 29.2 Å². The first-order valence-electron chi connectivity index (χ1n) is 16.1. The number of Topliss-reactive ketones (excluding diaryl/α,β-unsaturated/α-hetero) is 1. The number of amides is 5. The highest BCUT2D eigenvalue weighted by Gasteiger charge is 2.70. The molecule has 1 heterocycles. The average molecular weight is 658 g/mol. The molecule has 0 aromatic heterocycles. The third kappa shape index (κ3) is 7.93. The van der Waals surface area contributed by atoms with Crippen molar-refractivity contribution in [2.24, 2.45) is 39.7 Å². The lowest BCUT2D eigenvalue weighted by atomic mass is 9.85. The number of benzene rings is 1. The van der Waals surface area contributed by atoms with Crippen LogP contribution >= 0.6 is 0 Å². The Balaban J connectivity index is 1.49. The van der Waals surface area contributed by atoms with Gasteiger partial charge in [-0.3, -0.25) is 19.2 Å². The molecule has 47 heavy (non-hydrogen) atoms. The number of nitrogens with zero attached hydrogens (tertiary/aromatic N) is 1. The maximum Gasteiger partial charge on any atom is 0.329 e. The number of hydrogen-bond acceptors (Lipinski definition) is 7. The number of carbonyl (C=O) groups excluding carboxylic acids is 6. The van der Waals surface area contributed by atoms with E-state index < -0.39 is 76.3 Å². The Morgan fingerprint density at radius 1 is 0.936 bits per heavy atom. The van der Waals surface area contributed by atoms with E-state index in [9.17, 15) is 33.2 Å². The Kier molecular flexibility index (Phi) is 9.81. The van der Waals surface area contributed by atoms with Crippen molar-refractivity contribution in [3.05, 3.63) is 35.6 Å². The third-order valence-corrected chi connectivity index (χ3v) is 9.74. The summed E-state index contributed by atoms with van der Waals surface area (Å²) in [7, 11) is 0. The van der Waals surface area contributed by atoms with E-state index in [0.717, 1.165) is 0 Å². The van der Waals surface area contributed by atoms with Gasteiger partial charge < -0.3 is 31.3 Å². The van der Waals surface area contributed by atoms with Gasteiger partial charge in [0.2, 0.25) is 17.6 Å². The zero-order valence-corrected chi connectivity index (χ0v) is 28.4. The van der Waals surface area contributed by atoms with E-state index in [-0.39, 0.29) is 36.3 Å². The normalized spacial score (nSPS) is 23.4. The number of likely N-dealkylation sites (tertiary alicyclic amines) is 1. The summed E-state index contributed by atoms with van der Waals surface area (Å²) in [5.41, 5.74) is 4.02. The van der Waals surface area contributed by atoms with Crippen LogP contribution in [0.25, 0.3) is 0 Å². The second kappa shape index (κ2) is 12.9. The van der Waals surface area contributed by atoms with Gasteiger partial charge in [0.15, 0.2) is 0 Å². The van der Waals surface area contributed by atoms with Gasteiger partial charge in [-0.2, -0.15) is 0 Å². The Hall–Kier alpha value is -4.03. The summed E-state index contributed by atoms with van der Waals surface area (Å²) in [6, 6.07) is 0.569. The van der Waals surface area contributed by atoms with Crippen molar-refractivity contribution in [2.75, 3.05) is 6.54 Å². The van der Waals surface area contributed by atoms with Crippen LogP contribution in [0.4, 0.5) is 9.18 Å². The fourth-order valence-electron chi connectivity index (χ4n) is 6.60. The maximum absolute atomic E-state index is 14.2. The Bertz CT molecular complexity index is 1430. The molecule has 258 valence electrons. The number of piperidine rings is 1. The number of halogens is 1. The quantitative estimate of drug-likeness (QED) is 0.209. The zero-order chi connectivity index (χ0) is 35.2. The van der Waals surface area contributed by atoms with Crippen molar-refractivity contribution in [1.82, 2.24) is 20.9 Å². The number of ketones is 1. The molecular weight excluding hydrogens is 609 g/mol. The van der Waals surface area contributed by atoms with Crippen molar-refractivity contribution in [1.29, 1.82) is 0 Å². The number of primary amides is 1. The molecule has 2 aliphatic carbocycles. The van der Waals surface area contributed by atoms with Crippen LogP contribution in [0.3, 0.4) is 0 Å². The largest absolute Gasteiger partial charge is 0.459 e. The highest BCUT2D eigenvalue weighted by molar-refractivity contribution is 6.38. The van der Waals surface area contributed by atoms with Gasteiger partial charge in [-0.25, -0.2) is 14.0 Å².